The molecule has 114 valence electrons. The molecule has 0 aromatic heterocycles. The van der Waals surface area contributed by atoms with E-state index in [-0.39, 0.29) is 0 Å². The van der Waals surface area contributed by atoms with E-state index in [0.29, 0.717) is 19.8 Å². The number of aryl methyl sites for hydroxylation is 1. The van der Waals surface area contributed by atoms with Crippen LogP contribution < -0.4 is 0 Å². The highest BCUT2D eigenvalue weighted by molar-refractivity contribution is 14.1. The normalized spacial score (nSPS) is 11.8. The van der Waals surface area contributed by atoms with Crippen molar-refractivity contribution in [2.75, 3.05) is 19.8 Å². The standard InChI is InChI=1S/C14H22I2O3Si/c1-4-17-20(18-5-2,19-6-3)8-7-12-9-13(15)11-14(16)10-12/h9-11H,4-8H2,1-3H3. The Bertz CT molecular complexity index is 378. The summed E-state index contributed by atoms with van der Waals surface area (Å²) in [5.41, 5.74) is 1.32. The lowest BCUT2D eigenvalue weighted by atomic mass is 10.2. The van der Waals surface area contributed by atoms with E-state index in [1.165, 1.54) is 12.7 Å². The van der Waals surface area contributed by atoms with Crippen LogP contribution in [0.2, 0.25) is 6.04 Å². The van der Waals surface area contributed by atoms with E-state index in [0.717, 1.165) is 12.5 Å². The number of halogens is 2. The molecule has 0 atom stereocenters. The quantitative estimate of drug-likeness (QED) is 0.355. The number of hydrogen-bond acceptors (Lipinski definition) is 3. The minimum atomic E-state index is -2.52. The van der Waals surface area contributed by atoms with Crippen molar-refractivity contribution in [1.29, 1.82) is 0 Å². The van der Waals surface area contributed by atoms with Gasteiger partial charge >= 0.3 is 8.80 Å². The molecule has 0 spiro atoms. The molecule has 1 aromatic rings. The predicted molar refractivity (Wildman–Crippen MR) is 101 cm³/mol. The Hall–Kier alpha value is 0.777. The van der Waals surface area contributed by atoms with Gasteiger partial charge in [0.1, 0.15) is 0 Å². The first kappa shape index (κ1) is 18.8. The van der Waals surface area contributed by atoms with Gasteiger partial charge in [-0.2, -0.15) is 0 Å². The van der Waals surface area contributed by atoms with Gasteiger partial charge in [-0.25, -0.2) is 0 Å². The Kier molecular flexibility index (Phi) is 9.15. The van der Waals surface area contributed by atoms with Crippen LogP contribution in [0.1, 0.15) is 26.3 Å². The van der Waals surface area contributed by atoms with Gasteiger partial charge in [0.15, 0.2) is 0 Å². The first-order valence-electron chi connectivity index (χ1n) is 6.92. The fourth-order valence-electron chi connectivity index (χ4n) is 2.05. The molecular formula is C14H22I2O3Si. The zero-order valence-corrected chi connectivity index (χ0v) is 17.6. The van der Waals surface area contributed by atoms with Crippen LogP contribution in [0.25, 0.3) is 0 Å². The van der Waals surface area contributed by atoms with Crippen molar-refractivity contribution in [3.8, 4) is 0 Å². The topological polar surface area (TPSA) is 27.7 Å². The lowest BCUT2D eigenvalue weighted by molar-refractivity contribution is 0.0714. The highest BCUT2D eigenvalue weighted by Gasteiger charge is 2.39. The maximum Gasteiger partial charge on any atom is 0.501 e. The predicted octanol–water partition coefficient (Wildman–Crippen LogP) is 4.49. The third kappa shape index (κ3) is 6.26. The van der Waals surface area contributed by atoms with Crippen LogP contribution in [0.15, 0.2) is 18.2 Å². The SMILES string of the molecule is CCO[Si](CCc1cc(I)cc(I)c1)(OCC)OCC. The van der Waals surface area contributed by atoms with E-state index >= 15 is 0 Å². The third-order valence-electron chi connectivity index (χ3n) is 2.73. The molecule has 3 nitrogen and oxygen atoms in total. The molecule has 0 aliphatic carbocycles. The van der Waals surface area contributed by atoms with Gasteiger partial charge in [0, 0.05) is 33.0 Å². The number of benzene rings is 1. The molecule has 0 bridgehead atoms. The zero-order chi connectivity index (χ0) is 15.0. The van der Waals surface area contributed by atoms with E-state index in [1.54, 1.807) is 0 Å². The van der Waals surface area contributed by atoms with Gasteiger partial charge in [-0.1, -0.05) is 0 Å². The number of rotatable bonds is 9. The summed E-state index contributed by atoms with van der Waals surface area (Å²) in [6, 6.07) is 7.43. The maximum atomic E-state index is 5.88. The molecule has 0 N–H and O–H groups in total. The van der Waals surface area contributed by atoms with E-state index in [9.17, 15) is 0 Å². The van der Waals surface area contributed by atoms with E-state index < -0.39 is 8.80 Å². The van der Waals surface area contributed by atoms with Gasteiger partial charge in [0.2, 0.25) is 0 Å². The van der Waals surface area contributed by atoms with Crippen LogP contribution in [-0.4, -0.2) is 28.6 Å². The van der Waals surface area contributed by atoms with Crippen molar-refractivity contribution in [1.82, 2.24) is 0 Å². The highest BCUT2D eigenvalue weighted by atomic mass is 127. The lowest BCUT2D eigenvalue weighted by Crippen LogP contribution is -2.46. The Morgan fingerprint density at radius 1 is 0.850 bits per heavy atom. The molecule has 0 aliphatic heterocycles. The van der Waals surface area contributed by atoms with E-state index in [2.05, 4.69) is 63.4 Å². The van der Waals surface area contributed by atoms with Gasteiger partial charge in [-0.15, -0.1) is 0 Å². The maximum absolute atomic E-state index is 5.88. The smallest absolute Gasteiger partial charge is 0.374 e. The molecule has 20 heavy (non-hydrogen) atoms. The van der Waals surface area contributed by atoms with Crippen molar-refractivity contribution in [3.05, 3.63) is 30.9 Å². The lowest BCUT2D eigenvalue weighted by Gasteiger charge is -2.28. The average molecular weight is 520 g/mol. The Labute approximate surface area is 150 Å². The van der Waals surface area contributed by atoms with Crippen molar-refractivity contribution in [3.63, 3.8) is 0 Å². The summed E-state index contributed by atoms with van der Waals surface area (Å²) < 4.78 is 20.2. The minimum absolute atomic E-state index is 0.635. The molecule has 0 saturated heterocycles. The Morgan fingerprint density at radius 3 is 1.70 bits per heavy atom. The van der Waals surface area contributed by atoms with Crippen LogP contribution in [0, 0.1) is 7.14 Å². The van der Waals surface area contributed by atoms with Crippen LogP contribution >= 0.6 is 45.2 Å². The average Bonchev–Trinajstić information content (AvgIpc) is 2.36. The second kappa shape index (κ2) is 9.72. The second-order valence-electron chi connectivity index (χ2n) is 4.26. The first-order chi connectivity index (χ1) is 9.55. The highest BCUT2D eigenvalue weighted by Crippen LogP contribution is 2.21. The molecule has 0 fully saturated rings. The van der Waals surface area contributed by atoms with Crippen molar-refractivity contribution >= 4 is 54.0 Å². The third-order valence-corrected chi connectivity index (χ3v) is 7.03. The van der Waals surface area contributed by atoms with Crippen LogP contribution in [-0.2, 0) is 19.7 Å². The van der Waals surface area contributed by atoms with Crippen LogP contribution in [0.5, 0.6) is 0 Å². The molecule has 1 aromatic carbocycles. The van der Waals surface area contributed by atoms with Gasteiger partial charge in [-0.3, -0.25) is 0 Å². The van der Waals surface area contributed by atoms with Gasteiger partial charge in [0.25, 0.3) is 0 Å². The summed E-state index contributed by atoms with van der Waals surface area (Å²) in [7, 11) is -2.52. The molecular weight excluding hydrogens is 498 g/mol. The first-order valence-corrected chi connectivity index (χ1v) is 11.0. The molecule has 0 aliphatic rings. The number of hydrogen-bond donors (Lipinski definition) is 0. The van der Waals surface area contributed by atoms with E-state index in [4.69, 9.17) is 13.3 Å². The van der Waals surface area contributed by atoms with Crippen molar-refractivity contribution < 1.29 is 13.3 Å². The fraction of sp³-hybridized carbons (Fsp3) is 0.571. The van der Waals surface area contributed by atoms with Gasteiger partial charge in [-0.05, 0) is 96.1 Å². The summed E-state index contributed by atoms with van der Waals surface area (Å²) >= 11 is 4.71. The second-order valence-corrected chi connectivity index (χ2v) is 9.48. The molecule has 0 amide bonds. The van der Waals surface area contributed by atoms with Crippen LogP contribution in [0.4, 0.5) is 0 Å². The summed E-state index contributed by atoms with van der Waals surface area (Å²) in [4.78, 5) is 0. The van der Waals surface area contributed by atoms with Gasteiger partial charge in [0.05, 0.1) is 0 Å². The molecule has 1 rings (SSSR count). The van der Waals surface area contributed by atoms with Crippen LogP contribution in [0.3, 0.4) is 0 Å². The molecule has 0 saturated carbocycles. The fourth-order valence-corrected chi connectivity index (χ4v) is 6.72. The molecule has 0 heterocycles. The molecule has 0 radical (unpaired) electrons. The van der Waals surface area contributed by atoms with Crippen molar-refractivity contribution in [2.24, 2.45) is 0 Å². The van der Waals surface area contributed by atoms with E-state index in [1.807, 2.05) is 20.8 Å². The Balaban J connectivity index is 2.78. The van der Waals surface area contributed by atoms with Gasteiger partial charge < -0.3 is 13.3 Å². The largest absolute Gasteiger partial charge is 0.501 e. The molecule has 6 heteroatoms. The zero-order valence-electron chi connectivity index (χ0n) is 12.2. The Morgan fingerprint density at radius 2 is 1.30 bits per heavy atom. The molecule has 0 unspecified atom stereocenters. The summed E-state index contributed by atoms with van der Waals surface area (Å²) in [5.74, 6) is 0. The minimum Gasteiger partial charge on any atom is -0.374 e. The van der Waals surface area contributed by atoms with Crippen molar-refractivity contribution in [2.45, 2.75) is 33.2 Å². The summed E-state index contributed by atoms with van der Waals surface area (Å²) in [5, 5.41) is 0. The monoisotopic (exact) mass is 520 g/mol. The summed E-state index contributed by atoms with van der Waals surface area (Å²) in [6.45, 7) is 7.89. The summed E-state index contributed by atoms with van der Waals surface area (Å²) in [6.07, 6.45) is 0.930.